The van der Waals surface area contributed by atoms with E-state index in [9.17, 15) is 0 Å². The van der Waals surface area contributed by atoms with Gasteiger partial charge in [0.1, 0.15) is 5.75 Å². The Kier molecular flexibility index (Phi) is 12.1. The van der Waals surface area contributed by atoms with Gasteiger partial charge in [-0.1, -0.05) is 64.5 Å². The standard InChI is InChI=1S/C21H36N2OS/c1-4-7-9-13-17-23(18-14-10-8-5-2)21(25)22-19-15-11-12-16-20(19)24-6-3/h11-12,15-16H,4-10,13-14,17-18H2,1-3H3,(H,22,25). The van der Waals surface area contributed by atoms with E-state index in [1.165, 1.54) is 51.4 Å². The van der Waals surface area contributed by atoms with Crippen LogP contribution in [0.4, 0.5) is 5.69 Å². The van der Waals surface area contributed by atoms with Gasteiger partial charge in [0, 0.05) is 13.1 Å². The number of nitrogens with one attached hydrogen (secondary N) is 1. The zero-order valence-electron chi connectivity index (χ0n) is 16.4. The first-order valence-corrected chi connectivity index (χ1v) is 10.4. The zero-order chi connectivity index (χ0) is 18.3. The molecule has 0 spiro atoms. The monoisotopic (exact) mass is 364 g/mol. The first-order valence-electron chi connectivity index (χ1n) is 10.0. The van der Waals surface area contributed by atoms with Gasteiger partial charge in [-0.15, -0.1) is 0 Å². The van der Waals surface area contributed by atoms with Crippen LogP contribution in [0.2, 0.25) is 0 Å². The number of benzene rings is 1. The van der Waals surface area contributed by atoms with Crippen molar-refractivity contribution in [2.75, 3.05) is 25.0 Å². The predicted molar refractivity (Wildman–Crippen MR) is 114 cm³/mol. The lowest BCUT2D eigenvalue weighted by molar-refractivity contribution is 0.341. The van der Waals surface area contributed by atoms with E-state index in [0.29, 0.717) is 6.61 Å². The highest BCUT2D eigenvalue weighted by Crippen LogP contribution is 2.24. The number of nitrogens with zero attached hydrogens (tertiary/aromatic N) is 1. The molecule has 3 nitrogen and oxygen atoms in total. The van der Waals surface area contributed by atoms with Gasteiger partial charge in [-0.2, -0.15) is 0 Å². The summed E-state index contributed by atoms with van der Waals surface area (Å²) in [7, 11) is 0. The van der Waals surface area contributed by atoms with Crippen LogP contribution in [0, 0.1) is 0 Å². The Balaban J connectivity index is 2.63. The minimum Gasteiger partial charge on any atom is -0.492 e. The highest BCUT2D eigenvalue weighted by atomic mass is 32.1. The normalized spacial score (nSPS) is 10.5. The molecule has 0 bridgehead atoms. The van der Waals surface area contributed by atoms with E-state index in [0.717, 1.165) is 29.6 Å². The second-order valence-electron chi connectivity index (χ2n) is 6.47. The molecule has 1 N–H and O–H groups in total. The van der Waals surface area contributed by atoms with Crippen molar-refractivity contribution in [2.45, 2.75) is 72.1 Å². The van der Waals surface area contributed by atoms with E-state index in [1.807, 2.05) is 31.2 Å². The molecule has 1 aromatic rings. The number of hydrogen-bond acceptors (Lipinski definition) is 2. The largest absolute Gasteiger partial charge is 0.492 e. The van der Waals surface area contributed by atoms with Gasteiger partial charge in [-0.25, -0.2) is 0 Å². The first kappa shape index (κ1) is 21.8. The molecule has 0 unspecified atom stereocenters. The maximum absolute atomic E-state index is 5.72. The van der Waals surface area contributed by atoms with Crippen LogP contribution in [0.15, 0.2) is 24.3 Å². The molecular weight excluding hydrogens is 328 g/mol. The third-order valence-electron chi connectivity index (χ3n) is 4.28. The zero-order valence-corrected chi connectivity index (χ0v) is 17.2. The van der Waals surface area contributed by atoms with E-state index in [4.69, 9.17) is 17.0 Å². The Labute approximate surface area is 160 Å². The fraction of sp³-hybridized carbons (Fsp3) is 0.667. The molecular formula is C21H36N2OS. The molecule has 0 aromatic heterocycles. The molecule has 0 saturated carbocycles. The van der Waals surface area contributed by atoms with E-state index in [2.05, 4.69) is 24.1 Å². The first-order chi connectivity index (χ1) is 12.2. The Hall–Kier alpha value is -1.29. The maximum Gasteiger partial charge on any atom is 0.173 e. The summed E-state index contributed by atoms with van der Waals surface area (Å²) in [6.07, 6.45) is 10.1. The third-order valence-corrected chi connectivity index (χ3v) is 4.64. The molecule has 1 aromatic carbocycles. The minimum atomic E-state index is 0.656. The average Bonchev–Trinajstić information content (AvgIpc) is 2.62. The van der Waals surface area contributed by atoms with Crippen molar-refractivity contribution in [3.8, 4) is 5.75 Å². The summed E-state index contributed by atoms with van der Waals surface area (Å²) in [4.78, 5) is 2.34. The summed E-state index contributed by atoms with van der Waals surface area (Å²) in [6.45, 7) is 9.23. The van der Waals surface area contributed by atoms with Crippen LogP contribution < -0.4 is 10.1 Å². The van der Waals surface area contributed by atoms with Gasteiger partial charge in [0.05, 0.1) is 12.3 Å². The number of ether oxygens (including phenoxy) is 1. The van der Waals surface area contributed by atoms with E-state index < -0.39 is 0 Å². The Morgan fingerprint density at radius 3 is 2.08 bits per heavy atom. The van der Waals surface area contributed by atoms with Crippen molar-refractivity contribution in [1.29, 1.82) is 0 Å². The third kappa shape index (κ3) is 9.10. The van der Waals surface area contributed by atoms with Gasteiger partial charge in [0.2, 0.25) is 0 Å². The number of anilines is 1. The van der Waals surface area contributed by atoms with Gasteiger partial charge < -0.3 is 15.0 Å². The number of thiocarbonyl (C=S) groups is 1. The van der Waals surface area contributed by atoms with Gasteiger partial charge >= 0.3 is 0 Å². The summed E-state index contributed by atoms with van der Waals surface area (Å²) < 4.78 is 5.70. The molecule has 0 atom stereocenters. The molecule has 142 valence electrons. The van der Waals surface area contributed by atoms with E-state index >= 15 is 0 Å². The van der Waals surface area contributed by atoms with Crippen LogP contribution in [-0.4, -0.2) is 29.7 Å². The summed E-state index contributed by atoms with van der Waals surface area (Å²) in [5, 5.41) is 4.23. The van der Waals surface area contributed by atoms with Gasteiger partial charge in [-0.05, 0) is 44.1 Å². The van der Waals surface area contributed by atoms with Crippen LogP contribution in [-0.2, 0) is 0 Å². The molecule has 0 radical (unpaired) electrons. The molecule has 0 heterocycles. The maximum atomic E-state index is 5.72. The lowest BCUT2D eigenvalue weighted by Gasteiger charge is -2.26. The summed E-state index contributed by atoms with van der Waals surface area (Å²) in [6, 6.07) is 8.03. The molecule has 4 heteroatoms. The van der Waals surface area contributed by atoms with Gasteiger partial charge in [0.15, 0.2) is 5.11 Å². The van der Waals surface area contributed by atoms with E-state index in [1.54, 1.807) is 0 Å². The molecule has 25 heavy (non-hydrogen) atoms. The highest BCUT2D eigenvalue weighted by Gasteiger charge is 2.11. The quantitative estimate of drug-likeness (QED) is 0.330. The second-order valence-corrected chi connectivity index (χ2v) is 6.85. The smallest absolute Gasteiger partial charge is 0.173 e. The van der Waals surface area contributed by atoms with Gasteiger partial charge in [-0.3, -0.25) is 0 Å². The molecule has 0 fully saturated rings. The van der Waals surface area contributed by atoms with Crippen LogP contribution in [0.1, 0.15) is 72.1 Å². The highest BCUT2D eigenvalue weighted by molar-refractivity contribution is 7.80. The fourth-order valence-electron chi connectivity index (χ4n) is 2.82. The van der Waals surface area contributed by atoms with Crippen LogP contribution in [0.5, 0.6) is 5.75 Å². The fourth-order valence-corrected chi connectivity index (χ4v) is 3.11. The van der Waals surface area contributed by atoms with Crippen molar-refractivity contribution in [3.63, 3.8) is 0 Å². The van der Waals surface area contributed by atoms with Crippen molar-refractivity contribution < 1.29 is 4.74 Å². The Morgan fingerprint density at radius 1 is 0.920 bits per heavy atom. The Morgan fingerprint density at radius 2 is 1.52 bits per heavy atom. The van der Waals surface area contributed by atoms with Gasteiger partial charge in [0.25, 0.3) is 0 Å². The van der Waals surface area contributed by atoms with Crippen LogP contribution in [0.3, 0.4) is 0 Å². The van der Waals surface area contributed by atoms with Crippen LogP contribution in [0.25, 0.3) is 0 Å². The number of hydrogen-bond donors (Lipinski definition) is 1. The number of rotatable bonds is 13. The molecule has 0 aliphatic carbocycles. The van der Waals surface area contributed by atoms with Crippen molar-refractivity contribution in [2.24, 2.45) is 0 Å². The lowest BCUT2D eigenvalue weighted by atomic mass is 10.2. The van der Waals surface area contributed by atoms with E-state index in [-0.39, 0.29) is 0 Å². The molecule has 0 aliphatic rings. The predicted octanol–water partition coefficient (Wildman–Crippen LogP) is 6.24. The van der Waals surface area contributed by atoms with Crippen LogP contribution >= 0.6 is 12.2 Å². The lowest BCUT2D eigenvalue weighted by Crippen LogP contribution is -2.36. The number of unbranched alkanes of at least 4 members (excludes halogenated alkanes) is 6. The summed E-state index contributed by atoms with van der Waals surface area (Å²) in [5.74, 6) is 0.865. The molecule has 1 rings (SSSR count). The average molecular weight is 365 g/mol. The summed E-state index contributed by atoms with van der Waals surface area (Å²) in [5.41, 5.74) is 0.960. The molecule has 0 saturated heterocycles. The molecule has 0 aliphatic heterocycles. The molecule has 0 amide bonds. The van der Waals surface area contributed by atoms with Crippen molar-refractivity contribution in [1.82, 2.24) is 4.90 Å². The SMILES string of the molecule is CCCCCCN(CCCCCC)C(=S)Nc1ccccc1OCC. The number of para-hydroxylation sites is 2. The minimum absolute atomic E-state index is 0.656. The Bertz CT molecular complexity index is 467. The topological polar surface area (TPSA) is 24.5 Å². The van der Waals surface area contributed by atoms with Crippen molar-refractivity contribution in [3.05, 3.63) is 24.3 Å². The second kappa shape index (κ2) is 13.9. The summed E-state index contributed by atoms with van der Waals surface area (Å²) >= 11 is 5.72. The van der Waals surface area contributed by atoms with Crippen molar-refractivity contribution >= 4 is 23.0 Å².